The van der Waals surface area contributed by atoms with Crippen molar-refractivity contribution in [3.05, 3.63) is 35.4 Å². The SMILES string of the molecule is Cc1ccc(CC2(N)CCNCC2)cc1. The van der Waals surface area contributed by atoms with E-state index in [0.29, 0.717) is 0 Å². The van der Waals surface area contributed by atoms with Crippen LogP contribution in [0.1, 0.15) is 24.0 Å². The van der Waals surface area contributed by atoms with Crippen LogP contribution in [0.4, 0.5) is 0 Å². The molecule has 1 aliphatic heterocycles. The number of hydrogen-bond acceptors (Lipinski definition) is 2. The molecule has 2 heteroatoms. The van der Waals surface area contributed by atoms with E-state index in [1.54, 1.807) is 0 Å². The number of benzene rings is 1. The maximum Gasteiger partial charge on any atom is 0.0219 e. The van der Waals surface area contributed by atoms with Gasteiger partial charge in [-0.15, -0.1) is 0 Å². The van der Waals surface area contributed by atoms with Crippen molar-refractivity contribution in [2.45, 2.75) is 31.7 Å². The largest absolute Gasteiger partial charge is 0.325 e. The standard InChI is InChI=1S/C13H20N2/c1-11-2-4-12(5-3-11)10-13(14)6-8-15-9-7-13/h2-5,15H,6-10,14H2,1H3. The van der Waals surface area contributed by atoms with Crippen molar-refractivity contribution in [2.24, 2.45) is 5.73 Å². The summed E-state index contributed by atoms with van der Waals surface area (Å²) in [5.74, 6) is 0. The van der Waals surface area contributed by atoms with Crippen LogP contribution in [0.15, 0.2) is 24.3 Å². The minimum atomic E-state index is 0.0144. The molecule has 0 radical (unpaired) electrons. The van der Waals surface area contributed by atoms with Gasteiger partial charge in [-0.2, -0.15) is 0 Å². The van der Waals surface area contributed by atoms with Gasteiger partial charge in [0.15, 0.2) is 0 Å². The van der Waals surface area contributed by atoms with E-state index in [2.05, 4.69) is 36.5 Å². The van der Waals surface area contributed by atoms with Crippen LogP contribution in [-0.2, 0) is 6.42 Å². The number of rotatable bonds is 2. The number of aryl methyl sites for hydroxylation is 1. The summed E-state index contributed by atoms with van der Waals surface area (Å²) in [6, 6.07) is 8.73. The molecule has 82 valence electrons. The van der Waals surface area contributed by atoms with Crippen LogP contribution in [0.25, 0.3) is 0 Å². The third kappa shape index (κ3) is 2.80. The van der Waals surface area contributed by atoms with Crippen molar-refractivity contribution in [2.75, 3.05) is 13.1 Å². The van der Waals surface area contributed by atoms with Crippen molar-refractivity contribution in [1.29, 1.82) is 0 Å². The number of nitrogens with two attached hydrogens (primary N) is 1. The van der Waals surface area contributed by atoms with E-state index >= 15 is 0 Å². The van der Waals surface area contributed by atoms with Crippen molar-refractivity contribution in [3.8, 4) is 0 Å². The summed E-state index contributed by atoms with van der Waals surface area (Å²) >= 11 is 0. The van der Waals surface area contributed by atoms with Crippen LogP contribution in [0.2, 0.25) is 0 Å². The Labute approximate surface area is 91.9 Å². The Morgan fingerprint density at radius 1 is 1.20 bits per heavy atom. The normalized spacial score (nSPS) is 20.1. The third-order valence-electron chi connectivity index (χ3n) is 3.28. The fourth-order valence-electron chi connectivity index (χ4n) is 2.21. The molecule has 0 atom stereocenters. The van der Waals surface area contributed by atoms with Crippen molar-refractivity contribution < 1.29 is 0 Å². The highest BCUT2D eigenvalue weighted by Gasteiger charge is 2.27. The zero-order valence-electron chi connectivity index (χ0n) is 9.42. The molecule has 3 N–H and O–H groups in total. The molecule has 15 heavy (non-hydrogen) atoms. The number of nitrogens with one attached hydrogen (secondary N) is 1. The number of hydrogen-bond donors (Lipinski definition) is 2. The molecule has 0 unspecified atom stereocenters. The third-order valence-corrected chi connectivity index (χ3v) is 3.28. The smallest absolute Gasteiger partial charge is 0.0219 e. The molecular formula is C13H20N2. The zero-order chi connectivity index (χ0) is 10.7. The van der Waals surface area contributed by atoms with E-state index in [0.717, 1.165) is 32.4 Å². The topological polar surface area (TPSA) is 38.0 Å². The maximum absolute atomic E-state index is 6.39. The van der Waals surface area contributed by atoms with Crippen LogP contribution in [0.3, 0.4) is 0 Å². The average molecular weight is 204 g/mol. The molecule has 0 aromatic heterocycles. The molecule has 1 saturated heterocycles. The van der Waals surface area contributed by atoms with Gasteiger partial charge in [-0.05, 0) is 44.8 Å². The van der Waals surface area contributed by atoms with Gasteiger partial charge in [-0.25, -0.2) is 0 Å². The van der Waals surface area contributed by atoms with Crippen LogP contribution < -0.4 is 11.1 Å². The first-order valence-electron chi connectivity index (χ1n) is 5.73. The van der Waals surface area contributed by atoms with Gasteiger partial charge < -0.3 is 11.1 Å². The lowest BCUT2D eigenvalue weighted by Crippen LogP contribution is -2.50. The lowest BCUT2D eigenvalue weighted by Gasteiger charge is -2.34. The van der Waals surface area contributed by atoms with Crippen LogP contribution >= 0.6 is 0 Å². The van der Waals surface area contributed by atoms with Gasteiger partial charge in [0.2, 0.25) is 0 Å². The number of piperidine rings is 1. The monoisotopic (exact) mass is 204 g/mol. The molecule has 1 fully saturated rings. The second-order valence-corrected chi connectivity index (χ2v) is 4.77. The predicted octanol–water partition coefficient (Wildman–Crippen LogP) is 1.62. The van der Waals surface area contributed by atoms with E-state index < -0.39 is 0 Å². The Morgan fingerprint density at radius 2 is 1.80 bits per heavy atom. The summed E-state index contributed by atoms with van der Waals surface area (Å²) in [5.41, 5.74) is 9.08. The summed E-state index contributed by atoms with van der Waals surface area (Å²) in [7, 11) is 0. The molecular weight excluding hydrogens is 184 g/mol. The molecule has 0 amide bonds. The summed E-state index contributed by atoms with van der Waals surface area (Å²) in [4.78, 5) is 0. The van der Waals surface area contributed by atoms with Gasteiger partial charge in [0, 0.05) is 5.54 Å². The van der Waals surface area contributed by atoms with E-state index in [1.165, 1.54) is 11.1 Å². The molecule has 0 saturated carbocycles. The van der Waals surface area contributed by atoms with E-state index in [-0.39, 0.29) is 5.54 Å². The van der Waals surface area contributed by atoms with Crippen molar-refractivity contribution >= 4 is 0 Å². The molecule has 1 aromatic rings. The average Bonchev–Trinajstić information content (AvgIpc) is 2.22. The lowest BCUT2D eigenvalue weighted by atomic mass is 9.83. The van der Waals surface area contributed by atoms with Gasteiger partial charge in [0.25, 0.3) is 0 Å². The Hall–Kier alpha value is -0.860. The van der Waals surface area contributed by atoms with E-state index in [1.807, 2.05) is 0 Å². The Morgan fingerprint density at radius 3 is 2.40 bits per heavy atom. The molecule has 0 bridgehead atoms. The fourth-order valence-corrected chi connectivity index (χ4v) is 2.21. The van der Waals surface area contributed by atoms with E-state index in [9.17, 15) is 0 Å². The summed E-state index contributed by atoms with van der Waals surface area (Å²) < 4.78 is 0. The quantitative estimate of drug-likeness (QED) is 0.768. The first-order valence-corrected chi connectivity index (χ1v) is 5.73. The minimum Gasteiger partial charge on any atom is -0.325 e. The fraction of sp³-hybridized carbons (Fsp3) is 0.538. The summed E-state index contributed by atoms with van der Waals surface area (Å²) in [6.07, 6.45) is 3.18. The minimum absolute atomic E-state index is 0.0144. The molecule has 0 aliphatic carbocycles. The van der Waals surface area contributed by atoms with Gasteiger partial charge in [0.05, 0.1) is 0 Å². The van der Waals surface area contributed by atoms with Crippen LogP contribution in [0.5, 0.6) is 0 Å². The van der Waals surface area contributed by atoms with Crippen LogP contribution in [-0.4, -0.2) is 18.6 Å². The zero-order valence-corrected chi connectivity index (χ0v) is 9.42. The lowest BCUT2D eigenvalue weighted by molar-refractivity contribution is 0.308. The van der Waals surface area contributed by atoms with Gasteiger partial charge in [-0.1, -0.05) is 29.8 Å². The summed E-state index contributed by atoms with van der Waals surface area (Å²) in [5, 5.41) is 3.35. The first kappa shape index (κ1) is 10.7. The van der Waals surface area contributed by atoms with Crippen LogP contribution in [0, 0.1) is 6.92 Å². The van der Waals surface area contributed by atoms with Crippen molar-refractivity contribution in [1.82, 2.24) is 5.32 Å². The second-order valence-electron chi connectivity index (χ2n) is 4.77. The molecule has 1 aromatic carbocycles. The summed E-state index contributed by atoms with van der Waals surface area (Å²) in [6.45, 7) is 4.23. The Balaban J connectivity index is 2.03. The maximum atomic E-state index is 6.39. The van der Waals surface area contributed by atoms with E-state index in [4.69, 9.17) is 5.73 Å². The second kappa shape index (κ2) is 4.33. The molecule has 2 rings (SSSR count). The predicted molar refractivity (Wildman–Crippen MR) is 63.9 cm³/mol. The van der Waals surface area contributed by atoms with Gasteiger partial charge in [0.1, 0.15) is 0 Å². The Kier molecular flexibility index (Phi) is 3.08. The Bertz CT molecular complexity index is 310. The van der Waals surface area contributed by atoms with Crippen molar-refractivity contribution in [3.63, 3.8) is 0 Å². The highest BCUT2D eigenvalue weighted by molar-refractivity contribution is 5.23. The highest BCUT2D eigenvalue weighted by atomic mass is 14.9. The molecule has 1 aliphatic rings. The molecule has 1 heterocycles. The highest BCUT2D eigenvalue weighted by Crippen LogP contribution is 2.20. The molecule has 0 spiro atoms. The van der Waals surface area contributed by atoms with Gasteiger partial charge >= 0.3 is 0 Å². The van der Waals surface area contributed by atoms with Gasteiger partial charge in [-0.3, -0.25) is 0 Å². The first-order chi connectivity index (χ1) is 7.18. The molecule has 2 nitrogen and oxygen atoms in total.